The molecule has 1 aromatic rings. The first-order chi connectivity index (χ1) is 12.6. The fourth-order valence-electron chi connectivity index (χ4n) is 6.81. The quantitative estimate of drug-likeness (QED) is 0.696. The molecule has 1 aliphatic heterocycles. The number of rotatable bonds is 1. The number of carbonyl (C=O) groups excluding carboxylic acids is 1. The monoisotopic (exact) mass is 372 g/mol. The SMILES string of the molecule is COC(=O)c1cc(O)c2c(c1)C[C@@H]1[C@@]3(C)CCCC(C)(C)[C@@H]3CC[C@@]1(C)O2. The zero-order valence-corrected chi connectivity index (χ0v) is 17.2. The van der Waals surface area contributed by atoms with Crippen LogP contribution in [0.25, 0.3) is 0 Å². The predicted molar refractivity (Wildman–Crippen MR) is 104 cm³/mol. The molecule has 4 atom stereocenters. The minimum atomic E-state index is -0.423. The fourth-order valence-corrected chi connectivity index (χ4v) is 6.81. The number of esters is 1. The van der Waals surface area contributed by atoms with Crippen LogP contribution in [0, 0.1) is 22.7 Å². The maximum Gasteiger partial charge on any atom is 0.337 e. The van der Waals surface area contributed by atoms with Crippen LogP contribution in [-0.2, 0) is 11.2 Å². The van der Waals surface area contributed by atoms with Crippen LogP contribution < -0.4 is 4.74 Å². The van der Waals surface area contributed by atoms with E-state index in [1.165, 1.54) is 38.9 Å². The number of methoxy groups -OCH3 is 1. The Bertz CT molecular complexity index is 783. The van der Waals surface area contributed by atoms with Gasteiger partial charge >= 0.3 is 5.97 Å². The Kier molecular flexibility index (Phi) is 4.07. The van der Waals surface area contributed by atoms with E-state index >= 15 is 0 Å². The molecule has 1 aromatic carbocycles. The molecule has 0 radical (unpaired) electrons. The van der Waals surface area contributed by atoms with Gasteiger partial charge in [-0.1, -0.05) is 27.2 Å². The summed E-state index contributed by atoms with van der Waals surface area (Å²) in [6.07, 6.45) is 6.80. The lowest BCUT2D eigenvalue weighted by molar-refractivity contribution is -0.163. The van der Waals surface area contributed by atoms with E-state index in [0.717, 1.165) is 18.4 Å². The Morgan fingerprint density at radius 2 is 1.89 bits per heavy atom. The number of aromatic hydroxyl groups is 1. The molecule has 27 heavy (non-hydrogen) atoms. The van der Waals surface area contributed by atoms with Crippen molar-refractivity contribution in [2.24, 2.45) is 22.7 Å². The highest BCUT2D eigenvalue weighted by Gasteiger charge is 2.60. The van der Waals surface area contributed by atoms with Gasteiger partial charge in [-0.15, -0.1) is 0 Å². The van der Waals surface area contributed by atoms with Gasteiger partial charge in [0.05, 0.1) is 12.7 Å². The number of hydrogen-bond acceptors (Lipinski definition) is 4. The van der Waals surface area contributed by atoms with Crippen molar-refractivity contribution in [1.82, 2.24) is 0 Å². The molecule has 3 aliphatic rings. The van der Waals surface area contributed by atoms with Gasteiger partial charge in [-0.25, -0.2) is 4.79 Å². The van der Waals surface area contributed by atoms with Crippen molar-refractivity contribution in [2.75, 3.05) is 7.11 Å². The Labute approximate surface area is 162 Å². The minimum absolute atomic E-state index is 0.0452. The molecule has 2 saturated carbocycles. The van der Waals surface area contributed by atoms with Gasteiger partial charge in [0.2, 0.25) is 0 Å². The lowest BCUT2D eigenvalue weighted by atomic mass is 9.44. The van der Waals surface area contributed by atoms with Crippen molar-refractivity contribution < 1.29 is 19.4 Å². The molecule has 1 N–H and O–H groups in total. The zero-order chi connectivity index (χ0) is 19.6. The van der Waals surface area contributed by atoms with Crippen LogP contribution in [0.5, 0.6) is 11.5 Å². The van der Waals surface area contributed by atoms with Gasteiger partial charge < -0.3 is 14.6 Å². The van der Waals surface area contributed by atoms with E-state index in [1.807, 2.05) is 6.07 Å². The standard InChI is InChI=1S/C23H32O4/c1-21(2)8-6-9-22(3)17(21)7-10-23(4)18(22)13-14-11-15(20(25)26-5)12-16(24)19(14)27-23/h11-12,17-18,24H,6-10,13H2,1-5H3/t17-,18+,22-,23+/m0/s1. The number of ether oxygens (including phenoxy) is 2. The molecule has 0 amide bonds. The number of phenolic OH excluding ortho intramolecular Hbond substituents is 1. The molecule has 4 nitrogen and oxygen atoms in total. The Hall–Kier alpha value is -1.71. The van der Waals surface area contributed by atoms with Crippen LogP contribution in [-0.4, -0.2) is 23.8 Å². The van der Waals surface area contributed by atoms with E-state index in [0.29, 0.717) is 28.6 Å². The van der Waals surface area contributed by atoms with E-state index in [2.05, 4.69) is 27.7 Å². The van der Waals surface area contributed by atoms with E-state index in [9.17, 15) is 9.90 Å². The van der Waals surface area contributed by atoms with Gasteiger partial charge in [-0.05, 0) is 73.5 Å². The molecule has 0 saturated heterocycles. The van der Waals surface area contributed by atoms with Crippen molar-refractivity contribution in [3.8, 4) is 11.5 Å². The summed E-state index contributed by atoms with van der Waals surface area (Å²) >= 11 is 0. The molecule has 148 valence electrons. The van der Waals surface area contributed by atoms with Crippen LogP contribution in [0.1, 0.15) is 75.7 Å². The molecule has 0 bridgehead atoms. The molecular formula is C23H32O4. The summed E-state index contributed by atoms with van der Waals surface area (Å²) in [5, 5.41) is 10.5. The van der Waals surface area contributed by atoms with Gasteiger partial charge in [-0.3, -0.25) is 0 Å². The third-order valence-corrected chi connectivity index (χ3v) is 8.07. The molecule has 2 aliphatic carbocycles. The van der Waals surface area contributed by atoms with Gasteiger partial charge in [0.15, 0.2) is 11.5 Å². The van der Waals surface area contributed by atoms with E-state index in [1.54, 1.807) is 0 Å². The van der Waals surface area contributed by atoms with Crippen molar-refractivity contribution in [1.29, 1.82) is 0 Å². The molecule has 2 fully saturated rings. The third kappa shape index (κ3) is 2.67. The van der Waals surface area contributed by atoms with E-state index in [4.69, 9.17) is 9.47 Å². The summed E-state index contributed by atoms with van der Waals surface area (Å²) < 4.78 is 11.4. The Morgan fingerprint density at radius 1 is 1.15 bits per heavy atom. The molecule has 4 rings (SSSR count). The van der Waals surface area contributed by atoms with Crippen molar-refractivity contribution in [3.05, 3.63) is 23.3 Å². The number of benzene rings is 1. The highest BCUT2D eigenvalue weighted by atomic mass is 16.5. The molecule has 0 spiro atoms. The smallest absolute Gasteiger partial charge is 0.337 e. The van der Waals surface area contributed by atoms with Gasteiger partial charge in [-0.2, -0.15) is 0 Å². The largest absolute Gasteiger partial charge is 0.504 e. The van der Waals surface area contributed by atoms with Crippen LogP contribution in [0.3, 0.4) is 0 Å². The topological polar surface area (TPSA) is 55.8 Å². The number of fused-ring (bicyclic) bond motifs is 4. The molecule has 0 aromatic heterocycles. The second kappa shape index (κ2) is 5.89. The van der Waals surface area contributed by atoms with Crippen LogP contribution >= 0.6 is 0 Å². The van der Waals surface area contributed by atoms with Gasteiger partial charge in [0.25, 0.3) is 0 Å². The highest BCUT2D eigenvalue weighted by molar-refractivity contribution is 5.90. The maximum absolute atomic E-state index is 12.0. The first-order valence-corrected chi connectivity index (χ1v) is 10.2. The average molecular weight is 373 g/mol. The number of hydrogen-bond donors (Lipinski definition) is 1. The third-order valence-electron chi connectivity index (χ3n) is 8.07. The molecule has 0 unspecified atom stereocenters. The normalized spacial score (nSPS) is 36.6. The van der Waals surface area contributed by atoms with Crippen molar-refractivity contribution >= 4 is 5.97 Å². The summed E-state index contributed by atoms with van der Waals surface area (Å²) in [7, 11) is 1.36. The molecular weight excluding hydrogens is 340 g/mol. The Balaban J connectivity index is 1.78. The predicted octanol–water partition coefficient (Wildman–Crippen LogP) is 5.12. The second-order valence-corrected chi connectivity index (χ2v) is 10.1. The lowest BCUT2D eigenvalue weighted by Crippen LogP contribution is -2.61. The fraction of sp³-hybridized carbons (Fsp3) is 0.696. The summed E-state index contributed by atoms with van der Waals surface area (Å²) in [6.45, 7) is 9.53. The van der Waals surface area contributed by atoms with E-state index < -0.39 is 5.97 Å². The second-order valence-electron chi connectivity index (χ2n) is 10.1. The van der Waals surface area contributed by atoms with Crippen molar-refractivity contribution in [3.63, 3.8) is 0 Å². The minimum Gasteiger partial charge on any atom is -0.504 e. The highest BCUT2D eigenvalue weighted by Crippen LogP contribution is 2.65. The maximum atomic E-state index is 12.0. The summed E-state index contributed by atoms with van der Waals surface area (Å²) in [6, 6.07) is 3.31. The first-order valence-electron chi connectivity index (χ1n) is 10.2. The molecule has 1 heterocycles. The first kappa shape index (κ1) is 18.6. The zero-order valence-electron chi connectivity index (χ0n) is 17.2. The number of phenols is 1. The number of carbonyl (C=O) groups is 1. The van der Waals surface area contributed by atoms with E-state index in [-0.39, 0.29) is 16.8 Å². The Morgan fingerprint density at radius 3 is 2.59 bits per heavy atom. The van der Waals surface area contributed by atoms with Gasteiger partial charge in [0.1, 0.15) is 5.60 Å². The van der Waals surface area contributed by atoms with Gasteiger partial charge in [0, 0.05) is 5.92 Å². The van der Waals surface area contributed by atoms with Crippen LogP contribution in [0.2, 0.25) is 0 Å². The average Bonchev–Trinajstić information content (AvgIpc) is 2.59. The summed E-state index contributed by atoms with van der Waals surface area (Å²) in [5.41, 5.74) is 1.62. The summed E-state index contributed by atoms with van der Waals surface area (Å²) in [5.74, 6) is 1.23. The lowest BCUT2D eigenvalue weighted by Gasteiger charge is -2.63. The summed E-state index contributed by atoms with van der Waals surface area (Å²) in [4.78, 5) is 12.0. The molecule has 4 heteroatoms. The van der Waals surface area contributed by atoms with Crippen LogP contribution in [0.15, 0.2) is 12.1 Å². The van der Waals surface area contributed by atoms with Crippen molar-refractivity contribution in [2.45, 2.75) is 71.8 Å². The van der Waals surface area contributed by atoms with Crippen LogP contribution in [0.4, 0.5) is 0 Å².